The Hall–Kier alpha value is -9.40. The van der Waals surface area contributed by atoms with Gasteiger partial charge in [-0.3, -0.25) is 4.57 Å². The minimum atomic E-state index is 0.517. The van der Waals surface area contributed by atoms with Crippen molar-refractivity contribution in [3.8, 4) is 85.1 Å². The first-order valence-corrected chi connectivity index (χ1v) is 22.5. The maximum absolute atomic E-state index is 6.75. The summed E-state index contributed by atoms with van der Waals surface area (Å²) < 4.78 is 8.92. The highest BCUT2D eigenvalue weighted by molar-refractivity contribution is 6.11. The van der Waals surface area contributed by atoms with E-state index in [-0.39, 0.29) is 0 Å². The minimum absolute atomic E-state index is 0.517. The standard InChI is InChI=1S/C60H37N7O/c1-5-16-38(17-6-1)45-32-34-47-46-24-13-14-27-51(46)67(52(47)37-45)60-65-58(42-22-11-4-12-23-42)64-59(66-60)49-26-15-25-48-50-36-44(33-35-53(50)68-54(48)49)39-28-30-43(31-29-39)57-62-55(40-18-7-2-8-19-40)61-56(63-57)41-20-9-3-10-21-41/h1-37H. The van der Waals surface area contributed by atoms with Crippen LogP contribution >= 0.6 is 0 Å². The van der Waals surface area contributed by atoms with Gasteiger partial charge in [0.25, 0.3) is 0 Å². The minimum Gasteiger partial charge on any atom is -0.455 e. The Morgan fingerprint density at radius 3 is 1.37 bits per heavy atom. The Morgan fingerprint density at radius 2 is 0.721 bits per heavy atom. The van der Waals surface area contributed by atoms with Crippen molar-refractivity contribution in [3.05, 3.63) is 224 Å². The highest BCUT2D eigenvalue weighted by Crippen LogP contribution is 2.39. The smallest absolute Gasteiger partial charge is 0.238 e. The average Bonchev–Trinajstić information content (AvgIpc) is 3.97. The largest absolute Gasteiger partial charge is 0.455 e. The monoisotopic (exact) mass is 871 g/mol. The lowest BCUT2D eigenvalue weighted by atomic mass is 10.0. The fraction of sp³-hybridized carbons (Fsp3) is 0. The zero-order valence-electron chi connectivity index (χ0n) is 36.4. The van der Waals surface area contributed by atoms with E-state index < -0.39 is 0 Å². The summed E-state index contributed by atoms with van der Waals surface area (Å²) in [6, 6.07) is 76.6. The van der Waals surface area contributed by atoms with Gasteiger partial charge in [-0.2, -0.15) is 9.97 Å². The number of rotatable bonds is 8. The van der Waals surface area contributed by atoms with E-state index >= 15 is 0 Å². The van der Waals surface area contributed by atoms with Gasteiger partial charge in [0.1, 0.15) is 11.2 Å². The van der Waals surface area contributed by atoms with Crippen LogP contribution < -0.4 is 0 Å². The van der Waals surface area contributed by atoms with Crippen molar-refractivity contribution in [2.45, 2.75) is 0 Å². The second-order valence-corrected chi connectivity index (χ2v) is 16.7. The van der Waals surface area contributed by atoms with E-state index in [1.165, 1.54) is 0 Å². The van der Waals surface area contributed by atoms with Crippen LogP contribution in [-0.2, 0) is 0 Å². The van der Waals surface area contributed by atoms with Gasteiger partial charge in [0.05, 0.1) is 16.6 Å². The van der Waals surface area contributed by atoms with Crippen molar-refractivity contribution >= 4 is 43.7 Å². The number of nitrogens with zero attached hydrogens (tertiary/aromatic N) is 7. The molecule has 13 rings (SSSR count). The fourth-order valence-corrected chi connectivity index (χ4v) is 9.20. The third-order valence-corrected chi connectivity index (χ3v) is 12.5. The van der Waals surface area contributed by atoms with Crippen LogP contribution in [0, 0.1) is 0 Å². The van der Waals surface area contributed by atoms with Crippen molar-refractivity contribution in [1.82, 2.24) is 34.5 Å². The molecule has 0 amide bonds. The first-order chi connectivity index (χ1) is 33.7. The molecule has 0 unspecified atom stereocenters. The highest BCUT2D eigenvalue weighted by Gasteiger charge is 2.21. The Morgan fingerprint density at radius 1 is 0.279 bits per heavy atom. The Bertz CT molecular complexity index is 3940. The molecular weight excluding hydrogens is 835 g/mol. The number of aromatic nitrogens is 7. The molecular formula is C60H37N7O. The lowest BCUT2D eigenvalue weighted by Crippen LogP contribution is -2.06. The third-order valence-electron chi connectivity index (χ3n) is 12.5. The van der Waals surface area contributed by atoms with Crippen molar-refractivity contribution in [1.29, 1.82) is 0 Å². The summed E-state index contributed by atoms with van der Waals surface area (Å²) in [4.78, 5) is 30.4. The number of hydrogen-bond donors (Lipinski definition) is 0. The van der Waals surface area contributed by atoms with Gasteiger partial charge in [-0.05, 0) is 52.6 Å². The molecule has 13 aromatic rings. The van der Waals surface area contributed by atoms with Crippen molar-refractivity contribution in [2.24, 2.45) is 0 Å². The van der Waals surface area contributed by atoms with E-state index in [4.69, 9.17) is 34.3 Å². The molecule has 0 saturated carbocycles. The second-order valence-electron chi connectivity index (χ2n) is 16.7. The molecule has 0 aliphatic carbocycles. The molecule has 0 spiro atoms. The van der Waals surface area contributed by atoms with Gasteiger partial charge < -0.3 is 4.42 Å². The number of hydrogen-bond acceptors (Lipinski definition) is 7. The van der Waals surface area contributed by atoms with Crippen molar-refractivity contribution in [3.63, 3.8) is 0 Å². The topological polar surface area (TPSA) is 95.4 Å². The van der Waals surface area contributed by atoms with Gasteiger partial charge in [0, 0.05) is 43.8 Å². The Labute approximate surface area is 390 Å². The van der Waals surface area contributed by atoms with E-state index in [1.54, 1.807) is 0 Å². The average molecular weight is 872 g/mol. The molecule has 0 fully saturated rings. The molecule has 318 valence electrons. The SMILES string of the molecule is c1ccc(-c2ccc3c4ccccc4n(-c4nc(-c5ccccc5)nc(-c5cccc6c5oc5ccc(-c7ccc(-c8nc(-c9ccccc9)nc(-c9ccccc9)n8)cc7)cc56)n4)c3c2)cc1. The van der Waals surface area contributed by atoms with Crippen LogP contribution in [-0.4, -0.2) is 34.5 Å². The number of para-hydroxylation sites is 2. The van der Waals surface area contributed by atoms with Crippen molar-refractivity contribution in [2.75, 3.05) is 0 Å². The first kappa shape index (κ1) is 39.0. The van der Waals surface area contributed by atoms with Gasteiger partial charge in [-0.1, -0.05) is 194 Å². The summed E-state index contributed by atoms with van der Waals surface area (Å²) in [7, 11) is 0. The molecule has 0 aliphatic rings. The van der Waals surface area contributed by atoms with E-state index in [0.717, 1.165) is 88.2 Å². The predicted octanol–water partition coefficient (Wildman–Crippen LogP) is 14.7. The van der Waals surface area contributed by atoms with Gasteiger partial charge in [-0.15, -0.1) is 0 Å². The summed E-state index contributed by atoms with van der Waals surface area (Å²) >= 11 is 0. The summed E-state index contributed by atoms with van der Waals surface area (Å²) in [5.41, 5.74) is 12.3. The van der Waals surface area contributed by atoms with Crippen LogP contribution in [0.15, 0.2) is 229 Å². The highest BCUT2D eigenvalue weighted by atomic mass is 16.3. The molecule has 0 bridgehead atoms. The third kappa shape index (κ3) is 6.87. The zero-order chi connectivity index (χ0) is 45.0. The maximum atomic E-state index is 6.75. The fourth-order valence-electron chi connectivity index (χ4n) is 9.20. The van der Waals surface area contributed by atoms with E-state index in [0.29, 0.717) is 40.7 Å². The molecule has 0 saturated heterocycles. The van der Waals surface area contributed by atoms with Crippen LogP contribution in [0.5, 0.6) is 0 Å². The first-order valence-electron chi connectivity index (χ1n) is 22.5. The van der Waals surface area contributed by atoms with Gasteiger partial charge in [0.2, 0.25) is 5.95 Å². The van der Waals surface area contributed by atoms with E-state index in [2.05, 4.69) is 120 Å². The second kappa shape index (κ2) is 16.2. The predicted molar refractivity (Wildman–Crippen MR) is 273 cm³/mol. The summed E-state index contributed by atoms with van der Waals surface area (Å²) in [5, 5.41) is 4.20. The summed E-state index contributed by atoms with van der Waals surface area (Å²) in [5.74, 6) is 3.48. The normalized spacial score (nSPS) is 11.5. The molecule has 4 aromatic heterocycles. The van der Waals surface area contributed by atoms with Crippen molar-refractivity contribution < 1.29 is 4.42 Å². The Kier molecular flexibility index (Phi) is 9.31. The van der Waals surface area contributed by atoms with Crippen LogP contribution in [0.3, 0.4) is 0 Å². The molecule has 4 heterocycles. The van der Waals surface area contributed by atoms with E-state index in [9.17, 15) is 0 Å². The molecule has 0 radical (unpaired) electrons. The number of benzene rings is 9. The van der Waals surface area contributed by atoms with Gasteiger partial charge >= 0.3 is 0 Å². The van der Waals surface area contributed by atoms with Gasteiger partial charge in [0.15, 0.2) is 29.1 Å². The lowest BCUT2D eigenvalue weighted by molar-refractivity contribution is 0.669. The maximum Gasteiger partial charge on any atom is 0.238 e. The summed E-state index contributed by atoms with van der Waals surface area (Å²) in [6.07, 6.45) is 0. The zero-order valence-corrected chi connectivity index (χ0v) is 36.4. The molecule has 0 N–H and O–H groups in total. The van der Waals surface area contributed by atoms with Gasteiger partial charge in [-0.25, -0.2) is 19.9 Å². The number of fused-ring (bicyclic) bond motifs is 6. The van der Waals surface area contributed by atoms with Crippen LogP contribution in [0.1, 0.15) is 0 Å². The molecule has 0 aliphatic heterocycles. The van der Waals surface area contributed by atoms with Crippen LogP contribution in [0.4, 0.5) is 0 Å². The number of furan rings is 1. The lowest BCUT2D eigenvalue weighted by Gasteiger charge is -2.11. The molecule has 8 heteroatoms. The Balaban J connectivity index is 0.915. The van der Waals surface area contributed by atoms with E-state index in [1.807, 2.05) is 109 Å². The summed E-state index contributed by atoms with van der Waals surface area (Å²) in [6.45, 7) is 0. The van der Waals surface area contributed by atoms with Crippen LogP contribution in [0.2, 0.25) is 0 Å². The quantitative estimate of drug-likeness (QED) is 0.150. The molecule has 9 aromatic carbocycles. The molecule has 68 heavy (non-hydrogen) atoms. The van der Waals surface area contributed by atoms with Crippen LogP contribution in [0.25, 0.3) is 129 Å². The molecule has 0 atom stereocenters. The molecule has 8 nitrogen and oxygen atoms in total.